The van der Waals surface area contributed by atoms with Crippen LogP contribution in [-0.2, 0) is 11.0 Å². The highest BCUT2D eigenvalue weighted by Crippen LogP contribution is 2.36. The van der Waals surface area contributed by atoms with Crippen molar-refractivity contribution in [3.05, 3.63) is 45.2 Å². The molecule has 1 N–H and O–H groups in total. The maximum absolute atomic E-state index is 12.9. The molecule has 130 valence electrons. The predicted octanol–water partition coefficient (Wildman–Crippen LogP) is 4.79. The Hall–Kier alpha value is -1.83. The lowest BCUT2D eigenvalue weighted by atomic mass is 10.1. The zero-order valence-corrected chi connectivity index (χ0v) is 15.2. The summed E-state index contributed by atoms with van der Waals surface area (Å²) in [4.78, 5) is 12.4. The number of hydrogen-bond donors (Lipinski definition) is 1. The van der Waals surface area contributed by atoms with Gasteiger partial charge in [-0.3, -0.25) is 9.48 Å². The average molecular weight is 404 g/mol. The molecule has 0 saturated carbocycles. The first-order valence-electron chi connectivity index (χ1n) is 7.22. The molecule has 1 amide bonds. The molecule has 0 aliphatic rings. The highest BCUT2D eigenvalue weighted by Gasteiger charge is 2.38. The molecule has 0 spiro atoms. The van der Waals surface area contributed by atoms with Crippen molar-refractivity contribution in [1.29, 1.82) is 0 Å². The second-order valence-electron chi connectivity index (χ2n) is 5.67. The molecular weight excluding hydrogens is 387 g/mol. The van der Waals surface area contributed by atoms with Gasteiger partial charge in [-0.1, -0.05) is 12.1 Å². The maximum atomic E-state index is 12.9. The van der Waals surface area contributed by atoms with Gasteiger partial charge in [-0.2, -0.15) is 18.3 Å². The van der Waals surface area contributed by atoms with Crippen molar-refractivity contribution in [3.63, 3.8) is 0 Å². The van der Waals surface area contributed by atoms with Gasteiger partial charge in [-0.25, -0.2) is 0 Å². The van der Waals surface area contributed by atoms with Crippen molar-refractivity contribution in [2.45, 2.75) is 39.9 Å². The molecule has 1 atom stereocenters. The summed E-state index contributed by atoms with van der Waals surface area (Å²) in [5.74, 6) is -0.435. The van der Waals surface area contributed by atoms with E-state index in [1.165, 1.54) is 13.8 Å². The zero-order valence-electron chi connectivity index (χ0n) is 13.6. The van der Waals surface area contributed by atoms with Crippen molar-refractivity contribution in [3.8, 4) is 0 Å². The normalized spacial score (nSPS) is 13.0. The van der Waals surface area contributed by atoms with Crippen molar-refractivity contribution < 1.29 is 18.0 Å². The lowest BCUT2D eigenvalue weighted by molar-refractivity contribution is -0.142. The molecule has 24 heavy (non-hydrogen) atoms. The largest absolute Gasteiger partial charge is 0.436 e. The maximum Gasteiger partial charge on any atom is 0.436 e. The molecule has 2 rings (SSSR count). The topological polar surface area (TPSA) is 46.9 Å². The number of carbonyl (C=O) groups excluding carboxylic acids is 1. The van der Waals surface area contributed by atoms with Crippen LogP contribution in [0.2, 0.25) is 0 Å². The van der Waals surface area contributed by atoms with E-state index in [0.29, 0.717) is 5.69 Å². The molecule has 4 nitrogen and oxygen atoms in total. The molecule has 0 aliphatic heterocycles. The third kappa shape index (κ3) is 3.63. The van der Waals surface area contributed by atoms with E-state index >= 15 is 0 Å². The van der Waals surface area contributed by atoms with Crippen molar-refractivity contribution in [2.24, 2.45) is 0 Å². The fraction of sp³-hybridized carbons (Fsp3) is 0.375. The van der Waals surface area contributed by atoms with Gasteiger partial charge in [0.1, 0.15) is 6.04 Å². The van der Waals surface area contributed by atoms with Gasteiger partial charge in [0.05, 0.1) is 10.2 Å². The quantitative estimate of drug-likeness (QED) is 0.800. The van der Waals surface area contributed by atoms with E-state index in [9.17, 15) is 18.0 Å². The summed E-state index contributed by atoms with van der Waals surface area (Å²) in [7, 11) is 0. The number of carbonyl (C=O) groups is 1. The Balaban J connectivity index is 2.30. The third-order valence-electron chi connectivity index (χ3n) is 3.74. The van der Waals surface area contributed by atoms with E-state index < -0.39 is 23.8 Å². The van der Waals surface area contributed by atoms with Gasteiger partial charge in [-0.05, 0) is 60.8 Å². The number of amides is 1. The molecular formula is C16H17BrF3N3O. The van der Waals surface area contributed by atoms with E-state index in [0.717, 1.165) is 15.8 Å². The van der Waals surface area contributed by atoms with Crippen LogP contribution in [0, 0.1) is 20.8 Å². The fourth-order valence-corrected chi connectivity index (χ4v) is 2.76. The summed E-state index contributed by atoms with van der Waals surface area (Å²) in [5, 5.41) is 6.31. The molecule has 1 heterocycles. The van der Waals surface area contributed by atoms with Gasteiger partial charge >= 0.3 is 6.18 Å². The highest BCUT2D eigenvalue weighted by molar-refractivity contribution is 9.10. The van der Waals surface area contributed by atoms with Crippen LogP contribution in [0.5, 0.6) is 0 Å². The first-order valence-corrected chi connectivity index (χ1v) is 8.01. The Kier molecular flexibility index (Phi) is 5.08. The van der Waals surface area contributed by atoms with Crippen LogP contribution >= 0.6 is 15.9 Å². The van der Waals surface area contributed by atoms with E-state index in [-0.39, 0.29) is 10.2 Å². The van der Waals surface area contributed by atoms with Crippen LogP contribution < -0.4 is 5.32 Å². The standard InChI is InChI=1S/C16H17BrF3N3O/c1-8-5-6-9(2)12(7-8)21-15(24)11(4)23-10(3)13(17)14(22-23)16(18,19)20/h5-7,11H,1-4H3,(H,21,24)/t11-/m1/s1. The Bertz CT molecular complexity index is 784. The van der Waals surface area contributed by atoms with Gasteiger partial charge < -0.3 is 5.32 Å². The number of alkyl halides is 3. The van der Waals surface area contributed by atoms with Gasteiger partial charge in [0.15, 0.2) is 5.69 Å². The van der Waals surface area contributed by atoms with Crippen LogP contribution in [0.3, 0.4) is 0 Å². The Labute approximate surface area is 146 Å². The summed E-state index contributed by atoms with van der Waals surface area (Å²) < 4.78 is 39.8. The molecule has 8 heteroatoms. The number of nitrogens with zero attached hydrogens (tertiary/aromatic N) is 2. The van der Waals surface area contributed by atoms with Crippen LogP contribution in [0.4, 0.5) is 18.9 Å². The van der Waals surface area contributed by atoms with Crippen LogP contribution in [-0.4, -0.2) is 15.7 Å². The molecule has 0 aliphatic carbocycles. The van der Waals surface area contributed by atoms with E-state index in [2.05, 4.69) is 26.3 Å². The Morgan fingerprint density at radius 2 is 1.92 bits per heavy atom. The van der Waals surface area contributed by atoms with Crippen LogP contribution in [0.1, 0.15) is 35.5 Å². The smallest absolute Gasteiger partial charge is 0.324 e. The first kappa shape index (κ1) is 18.5. The summed E-state index contributed by atoms with van der Waals surface area (Å²) in [5.41, 5.74) is 1.68. The van der Waals surface area contributed by atoms with Gasteiger partial charge in [0, 0.05) is 5.69 Å². The minimum Gasteiger partial charge on any atom is -0.324 e. The number of aromatic nitrogens is 2. The van der Waals surface area contributed by atoms with E-state index in [1.807, 2.05) is 32.0 Å². The predicted molar refractivity (Wildman–Crippen MR) is 88.9 cm³/mol. The molecule has 0 radical (unpaired) electrons. The van der Waals surface area contributed by atoms with Gasteiger partial charge in [0.25, 0.3) is 0 Å². The summed E-state index contributed by atoms with van der Waals surface area (Å²) >= 11 is 2.91. The second kappa shape index (κ2) is 6.58. The van der Waals surface area contributed by atoms with Crippen molar-refractivity contribution >= 4 is 27.5 Å². The zero-order chi connectivity index (χ0) is 18.2. The molecule has 2 aromatic rings. The molecule has 0 fully saturated rings. The fourth-order valence-electron chi connectivity index (χ4n) is 2.28. The Morgan fingerprint density at radius 1 is 1.29 bits per heavy atom. The minimum absolute atomic E-state index is 0.151. The number of nitrogens with one attached hydrogen (secondary N) is 1. The molecule has 1 aromatic carbocycles. The second-order valence-corrected chi connectivity index (χ2v) is 6.47. The summed E-state index contributed by atoms with van der Waals surface area (Å²) in [6.45, 7) is 6.72. The molecule has 0 unspecified atom stereocenters. The molecule has 0 bridgehead atoms. The third-order valence-corrected chi connectivity index (χ3v) is 4.69. The number of aryl methyl sites for hydroxylation is 2. The van der Waals surface area contributed by atoms with Crippen molar-refractivity contribution in [2.75, 3.05) is 5.32 Å². The Morgan fingerprint density at radius 3 is 2.46 bits per heavy atom. The van der Waals surface area contributed by atoms with E-state index in [1.54, 1.807) is 0 Å². The van der Waals surface area contributed by atoms with Gasteiger partial charge in [0.2, 0.25) is 5.91 Å². The van der Waals surface area contributed by atoms with Crippen LogP contribution in [0.15, 0.2) is 22.7 Å². The first-order chi connectivity index (χ1) is 11.0. The number of anilines is 1. The van der Waals surface area contributed by atoms with Crippen molar-refractivity contribution in [1.82, 2.24) is 9.78 Å². The lowest BCUT2D eigenvalue weighted by Gasteiger charge is -2.16. The summed E-state index contributed by atoms with van der Waals surface area (Å²) in [6.07, 6.45) is -4.59. The van der Waals surface area contributed by atoms with Gasteiger partial charge in [-0.15, -0.1) is 0 Å². The molecule has 0 saturated heterocycles. The van der Waals surface area contributed by atoms with E-state index in [4.69, 9.17) is 0 Å². The van der Waals surface area contributed by atoms with Crippen LogP contribution in [0.25, 0.3) is 0 Å². The number of halogens is 4. The number of hydrogen-bond acceptors (Lipinski definition) is 2. The number of rotatable bonds is 3. The minimum atomic E-state index is -4.59. The summed E-state index contributed by atoms with van der Waals surface area (Å²) in [6, 6.07) is 4.70. The lowest BCUT2D eigenvalue weighted by Crippen LogP contribution is -2.26. The molecule has 1 aromatic heterocycles. The number of benzene rings is 1. The highest BCUT2D eigenvalue weighted by atomic mass is 79.9. The SMILES string of the molecule is Cc1ccc(C)c(NC(=O)[C@@H](C)n2nc(C(F)(F)F)c(Br)c2C)c1. The monoisotopic (exact) mass is 403 g/mol. The average Bonchev–Trinajstić information content (AvgIpc) is 2.78.